The van der Waals surface area contributed by atoms with Crippen LogP contribution in [0.4, 0.5) is 0 Å². The minimum absolute atomic E-state index is 0.530. The first-order valence-corrected chi connectivity index (χ1v) is 7.14. The molecule has 0 amide bonds. The molecule has 2 N–H and O–H groups in total. The molecule has 1 aliphatic carbocycles. The molecule has 0 saturated heterocycles. The highest BCUT2D eigenvalue weighted by atomic mass is 35.5. The third-order valence-electron chi connectivity index (χ3n) is 3.70. The summed E-state index contributed by atoms with van der Waals surface area (Å²) in [6, 6.07) is 0. The molecule has 0 aromatic rings. The average molecular weight is 272 g/mol. The van der Waals surface area contributed by atoms with Crippen molar-refractivity contribution < 1.29 is 0 Å². The van der Waals surface area contributed by atoms with Crippen LogP contribution in [0, 0.1) is 17.8 Å². The predicted octanol–water partition coefficient (Wildman–Crippen LogP) is 3.41. The van der Waals surface area contributed by atoms with Crippen molar-refractivity contribution in [2.24, 2.45) is 28.5 Å². The van der Waals surface area contributed by atoms with E-state index in [0.717, 1.165) is 24.3 Å². The van der Waals surface area contributed by atoms with Gasteiger partial charge in [0.05, 0.1) is 0 Å². The maximum absolute atomic E-state index is 5.86. The SMILES string of the molecule is C/C(Cl)=C\N=C(N)N(C)CCC(C)CC1CC1C. The predicted molar refractivity (Wildman–Crippen MR) is 79.5 cm³/mol. The highest BCUT2D eigenvalue weighted by Gasteiger charge is 2.33. The Morgan fingerprint density at radius 1 is 1.61 bits per heavy atom. The molecule has 0 bridgehead atoms. The Hall–Kier alpha value is -0.700. The van der Waals surface area contributed by atoms with Crippen molar-refractivity contribution in [1.29, 1.82) is 0 Å². The molecule has 1 rings (SSSR count). The number of hydrogen-bond acceptors (Lipinski definition) is 1. The number of nitrogens with zero attached hydrogens (tertiary/aromatic N) is 2. The van der Waals surface area contributed by atoms with Gasteiger partial charge in [0, 0.05) is 24.8 Å². The van der Waals surface area contributed by atoms with E-state index in [1.807, 2.05) is 11.9 Å². The molecule has 1 saturated carbocycles. The molecule has 1 aliphatic rings. The Morgan fingerprint density at radius 2 is 2.22 bits per heavy atom. The molecule has 0 aromatic carbocycles. The molecule has 1 fully saturated rings. The van der Waals surface area contributed by atoms with Gasteiger partial charge in [0.2, 0.25) is 0 Å². The lowest BCUT2D eigenvalue weighted by Gasteiger charge is -2.20. The second kappa shape index (κ2) is 7.03. The van der Waals surface area contributed by atoms with Crippen molar-refractivity contribution in [3.8, 4) is 0 Å². The quantitative estimate of drug-likeness (QED) is 0.594. The van der Waals surface area contributed by atoms with Crippen molar-refractivity contribution in [1.82, 2.24) is 4.90 Å². The van der Waals surface area contributed by atoms with Crippen LogP contribution in [0.1, 0.15) is 40.0 Å². The third-order valence-corrected chi connectivity index (χ3v) is 3.80. The van der Waals surface area contributed by atoms with Gasteiger partial charge in [-0.3, -0.25) is 0 Å². The summed E-state index contributed by atoms with van der Waals surface area (Å²) in [5, 5.41) is 0.641. The summed E-state index contributed by atoms with van der Waals surface area (Å²) in [5.41, 5.74) is 5.86. The summed E-state index contributed by atoms with van der Waals surface area (Å²) in [5.74, 6) is 3.22. The summed E-state index contributed by atoms with van der Waals surface area (Å²) < 4.78 is 0. The van der Waals surface area contributed by atoms with E-state index in [2.05, 4.69) is 18.8 Å². The summed E-state index contributed by atoms with van der Waals surface area (Å²) in [6.07, 6.45) is 5.53. The molecule has 0 aliphatic heterocycles. The van der Waals surface area contributed by atoms with Gasteiger partial charge in [0.1, 0.15) is 0 Å². The van der Waals surface area contributed by atoms with Gasteiger partial charge < -0.3 is 10.6 Å². The fraction of sp³-hybridized carbons (Fsp3) is 0.786. The fourth-order valence-electron chi connectivity index (χ4n) is 2.14. The van der Waals surface area contributed by atoms with Gasteiger partial charge in [-0.2, -0.15) is 0 Å². The van der Waals surface area contributed by atoms with Gasteiger partial charge in [-0.25, -0.2) is 4.99 Å². The van der Waals surface area contributed by atoms with E-state index in [4.69, 9.17) is 17.3 Å². The standard InChI is InChI=1S/C14H26ClN3/c1-10(7-13-8-11(13)2)5-6-18(4)14(16)17-9-12(3)15/h9-11,13H,5-8H2,1-4H3,(H2,16,17)/b12-9+. The number of aliphatic imine (C=N–C) groups is 1. The molecule has 0 heterocycles. The van der Waals surface area contributed by atoms with Crippen molar-refractivity contribution in [3.05, 3.63) is 11.2 Å². The first-order valence-electron chi connectivity index (χ1n) is 6.76. The van der Waals surface area contributed by atoms with Gasteiger partial charge in [-0.1, -0.05) is 25.4 Å². The van der Waals surface area contributed by atoms with Crippen LogP contribution in [-0.2, 0) is 0 Å². The largest absolute Gasteiger partial charge is 0.370 e. The molecule has 3 nitrogen and oxygen atoms in total. The Kier molecular flexibility index (Phi) is 6.00. The molecular formula is C14H26ClN3. The van der Waals surface area contributed by atoms with E-state index in [1.165, 1.54) is 19.3 Å². The van der Waals surface area contributed by atoms with Crippen LogP contribution in [0.3, 0.4) is 0 Å². The van der Waals surface area contributed by atoms with Gasteiger partial charge in [-0.15, -0.1) is 0 Å². The third kappa shape index (κ3) is 5.76. The zero-order valence-electron chi connectivity index (χ0n) is 12.0. The van der Waals surface area contributed by atoms with Gasteiger partial charge in [-0.05, 0) is 43.9 Å². The number of halogens is 1. The lowest BCUT2D eigenvalue weighted by atomic mass is 10.00. The van der Waals surface area contributed by atoms with E-state index in [1.54, 1.807) is 13.1 Å². The Balaban J connectivity index is 2.24. The molecule has 0 aromatic heterocycles. The first-order chi connectivity index (χ1) is 8.40. The monoisotopic (exact) mass is 271 g/mol. The first kappa shape index (κ1) is 15.4. The van der Waals surface area contributed by atoms with Gasteiger partial charge >= 0.3 is 0 Å². The summed E-state index contributed by atoms with van der Waals surface area (Å²) >= 11 is 5.71. The molecule has 3 atom stereocenters. The lowest BCUT2D eigenvalue weighted by Crippen LogP contribution is -2.35. The Morgan fingerprint density at radius 3 is 2.72 bits per heavy atom. The minimum Gasteiger partial charge on any atom is -0.370 e. The van der Waals surface area contributed by atoms with E-state index in [0.29, 0.717) is 11.0 Å². The highest BCUT2D eigenvalue weighted by molar-refractivity contribution is 6.29. The van der Waals surface area contributed by atoms with Crippen molar-refractivity contribution >= 4 is 17.6 Å². The smallest absolute Gasteiger partial charge is 0.195 e. The number of rotatable bonds is 6. The Bertz CT molecular complexity index is 321. The van der Waals surface area contributed by atoms with Crippen molar-refractivity contribution in [2.45, 2.75) is 40.0 Å². The maximum Gasteiger partial charge on any atom is 0.195 e. The topological polar surface area (TPSA) is 41.6 Å². The second-order valence-electron chi connectivity index (χ2n) is 5.73. The van der Waals surface area contributed by atoms with Crippen LogP contribution >= 0.6 is 11.6 Å². The van der Waals surface area contributed by atoms with Crippen LogP contribution in [0.5, 0.6) is 0 Å². The van der Waals surface area contributed by atoms with Gasteiger partial charge in [0.25, 0.3) is 0 Å². The molecular weight excluding hydrogens is 246 g/mol. The van der Waals surface area contributed by atoms with Crippen molar-refractivity contribution in [3.63, 3.8) is 0 Å². The highest BCUT2D eigenvalue weighted by Crippen LogP contribution is 2.42. The number of guanidine groups is 1. The minimum atomic E-state index is 0.530. The fourth-order valence-corrected chi connectivity index (χ4v) is 2.19. The van der Waals surface area contributed by atoms with Crippen LogP contribution in [0.2, 0.25) is 0 Å². The van der Waals surface area contributed by atoms with E-state index >= 15 is 0 Å². The summed E-state index contributed by atoms with van der Waals surface area (Å²) in [4.78, 5) is 6.10. The summed E-state index contributed by atoms with van der Waals surface area (Å²) in [7, 11) is 1.97. The van der Waals surface area contributed by atoms with E-state index < -0.39 is 0 Å². The number of nitrogens with two attached hydrogens (primary N) is 1. The average Bonchev–Trinajstić information content (AvgIpc) is 2.98. The zero-order valence-corrected chi connectivity index (χ0v) is 12.7. The zero-order chi connectivity index (χ0) is 13.7. The van der Waals surface area contributed by atoms with Gasteiger partial charge in [0.15, 0.2) is 5.96 Å². The van der Waals surface area contributed by atoms with E-state index in [-0.39, 0.29) is 0 Å². The van der Waals surface area contributed by atoms with Crippen LogP contribution in [0.25, 0.3) is 0 Å². The lowest BCUT2D eigenvalue weighted by molar-refractivity contribution is 0.385. The van der Waals surface area contributed by atoms with Crippen LogP contribution in [-0.4, -0.2) is 24.5 Å². The molecule has 4 heteroatoms. The number of allylic oxidation sites excluding steroid dienone is 1. The molecule has 0 spiro atoms. The maximum atomic E-state index is 5.86. The van der Waals surface area contributed by atoms with Crippen LogP contribution < -0.4 is 5.73 Å². The summed E-state index contributed by atoms with van der Waals surface area (Å²) in [6.45, 7) is 7.41. The Labute approximate surface area is 116 Å². The van der Waals surface area contributed by atoms with Crippen molar-refractivity contribution in [2.75, 3.05) is 13.6 Å². The molecule has 0 radical (unpaired) electrons. The van der Waals surface area contributed by atoms with Crippen LogP contribution in [0.15, 0.2) is 16.2 Å². The molecule has 104 valence electrons. The number of hydrogen-bond donors (Lipinski definition) is 1. The normalized spacial score (nSPS) is 26.1. The van der Waals surface area contributed by atoms with E-state index in [9.17, 15) is 0 Å². The molecule has 3 unspecified atom stereocenters. The second-order valence-corrected chi connectivity index (χ2v) is 6.32. The molecule has 18 heavy (non-hydrogen) atoms.